The molecule has 0 bridgehead atoms. The second-order valence-corrected chi connectivity index (χ2v) is 3.74. The van der Waals surface area contributed by atoms with Gasteiger partial charge in [0.25, 0.3) is 0 Å². The summed E-state index contributed by atoms with van der Waals surface area (Å²) < 4.78 is 9.69. The molecule has 0 saturated heterocycles. The third kappa shape index (κ3) is 9.25. The SMILES string of the molecule is CCOC(=O)CCCC(=O)OCC(C)C. The Morgan fingerprint density at radius 1 is 1.07 bits per heavy atom. The van der Waals surface area contributed by atoms with Crippen LogP contribution >= 0.6 is 0 Å². The van der Waals surface area contributed by atoms with E-state index in [0.29, 0.717) is 25.6 Å². The molecule has 0 aliphatic rings. The van der Waals surface area contributed by atoms with E-state index < -0.39 is 0 Å². The minimum atomic E-state index is -0.255. The zero-order valence-corrected chi connectivity index (χ0v) is 9.75. The maximum absolute atomic E-state index is 11.1. The van der Waals surface area contributed by atoms with Gasteiger partial charge in [0, 0.05) is 12.8 Å². The van der Waals surface area contributed by atoms with E-state index >= 15 is 0 Å². The second-order valence-electron chi connectivity index (χ2n) is 3.74. The number of esters is 2. The predicted molar refractivity (Wildman–Crippen MR) is 56.3 cm³/mol. The summed E-state index contributed by atoms with van der Waals surface area (Å²) in [6.07, 6.45) is 1.06. The lowest BCUT2D eigenvalue weighted by Gasteiger charge is -2.06. The Morgan fingerprint density at radius 2 is 1.60 bits per heavy atom. The lowest BCUT2D eigenvalue weighted by molar-refractivity contribution is -0.145. The molecule has 0 rings (SSSR count). The standard InChI is InChI=1S/C11H20O4/c1-4-14-10(12)6-5-7-11(13)15-8-9(2)3/h9H,4-8H2,1-3H3. The number of hydrogen-bond donors (Lipinski definition) is 0. The molecule has 0 saturated carbocycles. The van der Waals surface area contributed by atoms with Crippen molar-refractivity contribution >= 4 is 11.9 Å². The molecular formula is C11H20O4. The molecule has 0 N–H and O–H groups in total. The summed E-state index contributed by atoms with van der Waals surface area (Å²) in [7, 11) is 0. The Kier molecular flexibility index (Phi) is 7.68. The summed E-state index contributed by atoms with van der Waals surface area (Å²) in [6.45, 7) is 6.54. The Hall–Kier alpha value is -1.06. The van der Waals surface area contributed by atoms with Crippen LogP contribution in [0.3, 0.4) is 0 Å². The second kappa shape index (κ2) is 8.26. The number of carbonyl (C=O) groups is 2. The molecule has 0 aromatic rings. The smallest absolute Gasteiger partial charge is 0.305 e. The number of ether oxygens (including phenoxy) is 2. The molecule has 0 unspecified atom stereocenters. The molecule has 0 fully saturated rings. The van der Waals surface area contributed by atoms with Crippen molar-refractivity contribution in [2.24, 2.45) is 5.92 Å². The van der Waals surface area contributed by atoms with E-state index in [2.05, 4.69) is 0 Å². The van der Waals surface area contributed by atoms with E-state index in [9.17, 15) is 9.59 Å². The van der Waals surface area contributed by atoms with Crippen LogP contribution in [0, 0.1) is 5.92 Å². The van der Waals surface area contributed by atoms with Gasteiger partial charge in [-0.3, -0.25) is 9.59 Å². The first-order valence-electron chi connectivity index (χ1n) is 5.37. The van der Waals surface area contributed by atoms with Gasteiger partial charge in [0.05, 0.1) is 13.2 Å². The van der Waals surface area contributed by atoms with Crippen molar-refractivity contribution < 1.29 is 19.1 Å². The fraction of sp³-hybridized carbons (Fsp3) is 0.818. The number of carbonyl (C=O) groups excluding carboxylic acids is 2. The van der Waals surface area contributed by atoms with Crippen LogP contribution in [-0.2, 0) is 19.1 Å². The summed E-state index contributed by atoms with van der Waals surface area (Å²) in [6, 6.07) is 0. The van der Waals surface area contributed by atoms with Crippen LogP contribution < -0.4 is 0 Å². The van der Waals surface area contributed by atoms with Crippen molar-refractivity contribution in [3.63, 3.8) is 0 Å². The van der Waals surface area contributed by atoms with Gasteiger partial charge in [0.2, 0.25) is 0 Å². The van der Waals surface area contributed by atoms with Crippen molar-refractivity contribution in [3.05, 3.63) is 0 Å². The summed E-state index contributed by atoms with van der Waals surface area (Å²) in [5, 5.41) is 0. The average Bonchev–Trinajstić information content (AvgIpc) is 2.15. The molecule has 0 aromatic carbocycles. The summed E-state index contributed by atoms with van der Waals surface area (Å²) in [4.78, 5) is 22.0. The topological polar surface area (TPSA) is 52.6 Å². The normalized spacial score (nSPS) is 10.1. The molecule has 88 valence electrons. The minimum Gasteiger partial charge on any atom is -0.466 e. The molecule has 4 nitrogen and oxygen atoms in total. The highest BCUT2D eigenvalue weighted by atomic mass is 16.5. The van der Waals surface area contributed by atoms with E-state index in [0.717, 1.165) is 0 Å². The maximum atomic E-state index is 11.1. The fourth-order valence-electron chi connectivity index (χ4n) is 0.942. The number of rotatable bonds is 7. The molecule has 0 spiro atoms. The lowest BCUT2D eigenvalue weighted by Crippen LogP contribution is -2.11. The Labute approximate surface area is 90.9 Å². The largest absolute Gasteiger partial charge is 0.466 e. The van der Waals surface area contributed by atoms with Gasteiger partial charge in [-0.1, -0.05) is 13.8 Å². The highest BCUT2D eigenvalue weighted by molar-refractivity contribution is 5.72. The summed E-state index contributed by atoms with van der Waals surface area (Å²) in [5.74, 6) is -0.152. The van der Waals surface area contributed by atoms with Crippen LogP contribution in [0.15, 0.2) is 0 Å². The van der Waals surface area contributed by atoms with Crippen LogP contribution in [0.1, 0.15) is 40.0 Å². The molecule has 0 radical (unpaired) electrons. The summed E-state index contributed by atoms with van der Waals surface area (Å²) in [5.41, 5.74) is 0. The first-order valence-corrected chi connectivity index (χ1v) is 5.37. The fourth-order valence-corrected chi connectivity index (χ4v) is 0.942. The van der Waals surface area contributed by atoms with E-state index in [4.69, 9.17) is 9.47 Å². The van der Waals surface area contributed by atoms with Gasteiger partial charge in [-0.05, 0) is 19.3 Å². The van der Waals surface area contributed by atoms with Gasteiger partial charge < -0.3 is 9.47 Å². The van der Waals surface area contributed by atoms with Crippen LogP contribution in [0.4, 0.5) is 0 Å². The van der Waals surface area contributed by atoms with Gasteiger partial charge in [-0.15, -0.1) is 0 Å². The first kappa shape index (κ1) is 13.9. The predicted octanol–water partition coefficient (Wildman–Crippen LogP) is 1.92. The molecule has 0 amide bonds. The van der Waals surface area contributed by atoms with Crippen LogP contribution in [-0.4, -0.2) is 25.2 Å². The van der Waals surface area contributed by atoms with Gasteiger partial charge in [0.15, 0.2) is 0 Å². The third-order valence-electron chi connectivity index (χ3n) is 1.64. The van der Waals surface area contributed by atoms with E-state index in [1.807, 2.05) is 13.8 Å². The monoisotopic (exact) mass is 216 g/mol. The van der Waals surface area contributed by atoms with Crippen molar-refractivity contribution in [1.82, 2.24) is 0 Å². The molecule has 0 aromatic heterocycles. The van der Waals surface area contributed by atoms with Gasteiger partial charge in [-0.25, -0.2) is 0 Å². The minimum absolute atomic E-state index is 0.243. The van der Waals surface area contributed by atoms with Crippen LogP contribution in [0.2, 0.25) is 0 Å². The molecule has 0 aliphatic heterocycles. The highest BCUT2D eigenvalue weighted by Crippen LogP contribution is 2.01. The van der Waals surface area contributed by atoms with Crippen molar-refractivity contribution in [2.45, 2.75) is 40.0 Å². The van der Waals surface area contributed by atoms with Crippen molar-refractivity contribution in [1.29, 1.82) is 0 Å². The Bertz CT molecular complexity index is 199. The van der Waals surface area contributed by atoms with E-state index in [-0.39, 0.29) is 24.8 Å². The lowest BCUT2D eigenvalue weighted by atomic mass is 10.2. The van der Waals surface area contributed by atoms with Crippen molar-refractivity contribution in [3.8, 4) is 0 Å². The van der Waals surface area contributed by atoms with Gasteiger partial charge >= 0.3 is 11.9 Å². The molecule has 4 heteroatoms. The Morgan fingerprint density at radius 3 is 2.07 bits per heavy atom. The van der Waals surface area contributed by atoms with Crippen LogP contribution in [0.5, 0.6) is 0 Å². The molecule has 0 atom stereocenters. The van der Waals surface area contributed by atoms with Gasteiger partial charge in [-0.2, -0.15) is 0 Å². The molecule has 15 heavy (non-hydrogen) atoms. The first-order chi connectivity index (χ1) is 7.06. The summed E-state index contributed by atoms with van der Waals surface area (Å²) >= 11 is 0. The van der Waals surface area contributed by atoms with E-state index in [1.165, 1.54) is 0 Å². The maximum Gasteiger partial charge on any atom is 0.305 e. The molecule has 0 heterocycles. The van der Waals surface area contributed by atoms with Gasteiger partial charge in [0.1, 0.15) is 0 Å². The molecule has 0 aliphatic carbocycles. The van der Waals surface area contributed by atoms with Crippen LogP contribution in [0.25, 0.3) is 0 Å². The third-order valence-corrected chi connectivity index (χ3v) is 1.64. The average molecular weight is 216 g/mol. The number of hydrogen-bond acceptors (Lipinski definition) is 4. The zero-order valence-electron chi connectivity index (χ0n) is 9.75. The van der Waals surface area contributed by atoms with E-state index in [1.54, 1.807) is 6.92 Å². The molecular weight excluding hydrogens is 196 g/mol. The quantitative estimate of drug-likeness (QED) is 0.610. The van der Waals surface area contributed by atoms with Crippen molar-refractivity contribution in [2.75, 3.05) is 13.2 Å². The highest BCUT2D eigenvalue weighted by Gasteiger charge is 2.07. The Balaban J connectivity index is 3.42. The zero-order chi connectivity index (χ0) is 11.7.